The largest absolute Gasteiger partial charge is 0.481 e. The Morgan fingerprint density at radius 3 is 2.20 bits per heavy atom. The Bertz CT molecular complexity index is 976. The number of aliphatic carboxylic acids is 1. The van der Waals surface area contributed by atoms with Gasteiger partial charge in [0.15, 0.2) is 0 Å². The molecule has 0 aliphatic heterocycles. The Labute approximate surface area is 207 Å². The summed E-state index contributed by atoms with van der Waals surface area (Å²) in [6.07, 6.45) is 3.15. The van der Waals surface area contributed by atoms with Crippen molar-refractivity contribution in [3.63, 3.8) is 0 Å². The number of carboxylic acids is 1. The Morgan fingerprint density at radius 1 is 0.971 bits per heavy atom. The van der Waals surface area contributed by atoms with Crippen LogP contribution in [0.15, 0.2) is 48.5 Å². The van der Waals surface area contributed by atoms with Gasteiger partial charge in [-0.05, 0) is 41.5 Å². The minimum atomic E-state index is -0.911. The average molecular weight is 481 g/mol. The maximum Gasteiger partial charge on any atom is 0.407 e. The van der Waals surface area contributed by atoms with E-state index in [9.17, 15) is 14.4 Å². The van der Waals surface area contributed by atoms with Gasteiger partial charge in [-0.1, -0.05) is 75.2 Å². The fraction of sp³-hybridized carbons (Fsp3) is 0.464. The molecule has 2 aromatic rings. The monoisotopic (exact) mass is 480 g/mol. The number of alkyl carbamates (subject to hydrolysis) is 1. The summed E-state index contributed by atoms with van der Waals surface area (Å²) in [6.45, 7) is 4.52. The van der Waals surface area contributed by atoms with Crippen molar-refractivity contribution in [1.29, 1.82) is 0 Å². The second kappa shape index (κ2) is 12.9. The first kappa shape index (κ1) is 26.3. The Morgan fingerprint density at radius 2 is 1.60 bits per heavy atom. The number of unbranched alkanes of at least 4 members (excludes halogenated alkanes) is 1. The number of hydrogen-bond donors (Lipinski definition) is 3. The molecule has 7 heteroatoms. The number of benzene rings is 2. The Hall–Kier alpha value is -3.35. The number of carbonyl (C=O) groups is 3. The van der Waals surface area contributed by atoms with E-state index in [0.29, 0.717) is 25.8 Å². The predicted molar refractivity (Wildman–Crippen MR) is 135 cm³/mol. The van der Waals surface area contributed by atoms with Crippen LogP contribution in [0.5, 0.6) is 0 Å². The molecule has 0 saturated heterocycles. The van der Waals surface area contributed by atoms with Crippen LogP contribution in [-0.4, -0.2) is 42.3 Å². The fourth-order valence-electron chi connectivity index (χ4n) is 4.61. The van der Waals surface area contributed by atoms with Crippen LogP contribution in [0.4, 0.5) is 4.79 Å². The molecule has 188 valence electrons. The van der Waals surface area contributed by atoms with Crippen LogP contribution in [0, 0.1) is 5.92 Å². The fourth-order valence-corrected chi connectivity index (χ4v) is 4.61. The van der Waals surface area contributed by atoms with Gasteiger partial charge in [0.05, 0.1) is 6.42 Å². The zero-order chi connectivity index (χ0) is 25.2. The molecule has 0 bridgehead atoms. The van der Waals surface area contributed by atoms with E-state index in [1.807, 2.05) is 38.1 Å². The SMILES string of the molecule is CCCC[C@H](CC(=O)O)NC(=O)C(C)CCCNC(=O)OCC1c2ccccc2-c2ccccc21. The van der Waals surface area contributed by atoms with Crippen molar-refractivity contribution in [2.75, 3.05) is 13.2 Å². The first-order chi connectivity index (χ1) is 16.9. The number of amides is 2. The van der Waals surface area contributed by atoms with Crippen LogP contribution < -0.4 is 10.6 Å². The Kier molecular flexibility index (Phi) is 9.70. The van der Waals surface area contributed by atoms with Crippen molar-refractivity contribution in [2.45, 2.75) is 64.3 Å². The van der Waals surface area contributed by atoms with E-state index in [4.69, 9.17) is 9.84 Å². The van der Waals surface area contributed by atoms with Crippen molar-refractivity contribution < 1.29 is 24.2 Å². The van der Waals surface area contributed by atoms with Crippen LogP contribution in [0.3, 0.4) is 0 Å². The molecule has 0 aromatic heterocycles. The van der Waals surface area contributed by atoms with Gasteiger partial charge in [0, 0.05) is 24.4 Å². The number of hydrogen-bond acceptors (Lipinski definition) is 4. The number of fused-ring (bicyclic) bond motifs is 3. The van der Waals surface area contributed by atoms with Crippen molar-refractivity contribution in [3.8, 4) is 11.1 Å². The van der Waals surface area contributed by atoms with Gasteiger partial charge in [-0.3, -0.25) is 9.59 Å². The molecule has 3 rings (SSSR count). The van der Waals surface area contributed by atoms with Crippen molar-refractivity contribution >= 4 is 18.0 Å². The summed E-state index contributed by atoms with van der Waals surface area (Å²) in [5.41, 5.74) is 4.71. The second-order valence-corrected chi connectivity index (χ2v) is 9.24. The van der Waals surface area contributed by atoms with E-state index in [1.54, 1.807) is 0 Å². The van der Waals surface area contributed by atoms with Gasteiger partial charge in [-0.25, -0.2) is 4.79 Å². The summed E-state index contributed by atoms with van der Waals surface area (Å²) < 4.78 is 5.54. The number of carboxylic acid groups (broad SMARTS) is 1. The summed E-state index contributed by atoms with van der Waals surface area (Å²) in [4.78, 5) is 35.8. The molecular formula is C28H36N2O5. The quantitative estimate of drug-likeness (QED) is 0.346. The zero-order valence-electron chi connectivity index (χ0n) is 20.6. The highest BCUT2D eigenvalue weighted by Crippen LogP contribution is 2.44. The molecule has 0 saturated carbocycles. The van der Waals surface area contributed by atoms with Gasteiger partial charge < -0.3 is 20.5 Å². The van der Waals surface area contributed by atoms with Gasteiger partial charge in [-0.15, -0.1) is 0 Å². The summed E-state index contributed by atoms with van der Waals surface area (Å²) in [6, 6.07) is 16.0. The molecule has 0 spiro atoms. The molecular weight excluding hydrogens is 444 g/mol. The maximum atomic E-state index is 12.5. The molecule has 0 radical (unpaired) electrons. The molecule has 0 heterocycles. The lowest BCUT2D eigenvalue weighted by atomic mass is 9.98. The van der Waals surface area contributed by atoms with Gasteiger partial charge in [0.2, 0.25) is 5.91 Å². The van der Waals surface area contributed by atoms with Crippen LogP contribution in [-0.2, 0) is 14.3 Å². The number of ether oxygens (including phenoxy) is 1. The highest BCUT2D eigenvalue weighted by molar-refractivity contribution is 5.80. The van der Waals surface area contributed by atoms with E-state index < -0.39 is 12.1 Å². The van der Waals surface area contributed by atoms with E-state index in [1.165, 1.54) is 22.3 Å². The molecule has 2 aromatic carbocycles. The normalized spacial score (nSPS) is 13.9. The summed E-state index contributed by atoms with van der Waals surface area (Å²) in [5.74, 6) is -1.31. The van der Waals surface area contributed by atoms with Crippen LogP contribution in [0.1, 0.15) is 69.4 Å². The van der Waals surface area contributed by atoms with Gasteiger partial charge in [0.1, 0.15) is 6.61 Å². The predicted octanol–water partition coefficient (Wildman–Crippen LogP) is 5.09. The summed E-state index contributed by atoms with van der Waals surface area (Å²) in [5, 5.41) is 14.7. The zero-order valence-corrected chi connectivity index (χ0v) is 20.6. The molecule has 1 unspecified atom stereocenters. The molecule has 3 N–H and O–H groups in total. The third kappa shape index (κ3) is 7.31. The highest BCUT2D eigenvalue weighted by Gasteiger charge is 2.29. The van der Waals surface area contributed by atoms with Gasteiger partial charge >= 0.3 is 12.1 Å². The third-order valence-electron chi connectivity index (χ3n) is 6.55. The second-order valence-electron chi connectivity index (χ2n) is 9.24. The maximum absolute atomic E-state index is 12.5. The minimum Gasteiger partial charge on any atom is -0.481 e. The number of carbonyl (C=O) groups excluding carboxylic acids is 2. The lowest BCUT2D eigenvalue weighted by Crippen LogP contribution is -2.39. The average Bonchev–Trinajstić information content (AvgIpc) is 3.17. The molecule has 35 heavy (non-hydrogen) atoms. The molecule has 1 aliphatic carbocycles. The number of nitrogens with one attached hydrogen (secondary N) is 2. The molecule has 0 fully saturated rings. The molecule has 2 atom stereocenters. The summed E-state index contributed by atoms with van der Waals surface area (Å²) >= 11 is 0. The van der Waals surface area contributed by atoms with Crippen LogP contribution in [0.2, 0.25) is 0 Å². The van der Waals surface area contributed by atoms with Gasteiger partial charge in [-0.2, -0.15) is 0 Å². The van der Waals surface area contributed by atoms with Crippen molar-refractivity contribution in [2.24, 2.45) is 5.92 Å². The lowest BCUT2D eigenvalue weighted by Gasteiger charge is -2.20. The van der Waals surface area contributed by atoms with E-state index in [2.05, 4.69) is 34.9 Å². The van der Waals surface area contributed by atoms with Crippen molar-refractivity contribution in [1.82, 2.24) is 10.6 Å². The number of rotatable bonds is 13. The van der Waals surface area contributed by atoms with Crippen LogP contribution >= 0.6 is 0 Å². The smallest absolute Gasteiger partial charge is 0.407 e. The first-order valence-corrected chi connectivity index (χ1v) is 12.5. The topological polar surface area (TPSA) is 105 Å². The molecule has 1 aliphatic rings. The lowest BCUT2D eigenvalue weighted by molar-refractivity contribution is -0.137. The first-order valence-electron chi connectivity index (χ1n) is 12.5. The minimum absolute atomic E-state index is 0.0170. The van der Waals surface area contributed by atoms with E-state index >= 15 is 0 Å². The van der Waals surface area contributed by atoms with Crippen LogP contribution in [0.25, 0.3) is 11.1 Å². The van der Waals surface area contributed by atoms with E-state index in [0.717, 1.165) is 12.8 Å². The Balaban J connectivity index is 1.39. The third-order valence-corrected chi connectivity index (χ3v) is 6.55. The van der Waals surface area contributed by atoms with E-state index in [-0.39, 0.29) is 36.8 Å². The standard InChI is InChI=1S/C28H36N2O5/c1-3-4-11-20(17-26(31)32)30-27(33)19(2)10-9-16-29-28(34)35-18-25-23-14-7-5-12-21(23)22-13-6-8-15-24(22)25/h5-8,12-15,19-20,25H,3-4,9-11,16-18H2,1-2H3,(H,29,34)(H,30,33)(H,31,32)/t19?,20-/m1/s1. The highest BCUT2D eigenvalue weighted by atomic mass is 16.5. The molecule has 7 nitrogen and oxygen atoms in total. The molecule has 2 amide bonds. The van der Waals surface area contributed by atoms with Gasteiger partial charge in [0.25, 0.3) is 0 Å². The summed E-state index contributed by atoms with van der Waals surface area (Å²) in [7, 11) is 0. The van der Waals surface area contributed by atoms with Crippen molar-refractivity contribution in [3.05, 3.63) is 59.7 Å².